The first-order valence-corrected chi connectivity index (χ1v) is 8.22. The number of para-hydroxylation sites is 1. The molecule has 1 aromatic carbocycles. The summed E-state index contributed by atoms with van der Waals surface area (Å²) in [6.45, 7) is 0.724. The molecule has 0 unspecified atom stereocenters. The first kappa shape index (κ1) is 12.8. The van der Waals surface area contributed by atoms with Crippen molar-refractivity contribution in [2.24, 2.45) is 0 Å². The molecular weight excluding hydrogens is 282 g/mol. The second-order valence-corrected chi connectivity index (χ2v) is 6.49. The van der Waals surface area contributed by atoms with E-state index in [0.29, 0.717) is 5.92 Å². The standard InChI is InChI=1S/C15H17N5S/c1-2-8-12(9-3-1)16-10-13-19-20-14(11-6-4-5-7-11)17-18-15(20)21-13/h1-3,8-9,11,16H,4-7,10H2. The summed E-state index contributed by atoms with van der Waals surface area (Å²) in [5.74, 6) is 1.58. The molecule has 0 amide bonds. The largest absolute Gasteiger partial charge is 0.378 e. The van der Waals surface area contributed by atoms with Crippen LogP contribution in [0.3, 0.4) is 0 Å². The van der Waals surface area contributed by atoms with Gasteiger partial charge in [-0.1, -0.05) is 42.4 Å². The SMILES string of the molecule is c1ccc(NCc2nn3c(C4CCCC4)nnc3s2)cc1. The van der Waals surface area contributed by atoms with Gasteiger partial charge in [0.2, 0.25) is 4.96 Å². The number of benzene rings is 1. The summed E-state index contributed by atoms with van der Waals surface area (Å²) in [4.78, 5) is 0.904. The molecule has 2 heterocycles. The van der Waals surface area contributed by atoms with Gasteiger partial charge in [0.15, 0.2) is 5.82 Å². The van der Waals surface area contributed by atoms with Gasteiger partial charge in [-0.3, -0.25) is 0 Å². The fourth-order valence-corrected chi connectivity index (χ4v) is 3.70. The molecule has 0 atom stereocenters. The molecular formula is C15H17N5S. The predicted octanol–water partition coefficient (Wildman–Crippen LogP) is 3.46. The molecule has 0 aliphatic heterocycles. The van der Waals surface area contributed by atoms with Crippen molar-refractivity contribution in [2.75, 3.05) is 5.32 Å². The van der Waals surface area contributed by atoms with Crippen molar-refractivity contribution in [2.45, 2.75) is 38.1 Å². The van der Waals surface area contributed by atoms with Crippen LogP contribution in [0.15, 0.2) is 30.3 Å². The zero-order valence-corrected chi connectivity index (χ0v) is 12.5. The van der Waals surface area contributed by atoms with Crippen LogP contribution in [0, 0.1) is 0 Å². The monoisotopic (exact) mass is 299 g/mol. The average molecular weight is 299 g/mol. The molecule has 1 aliphatic rings. The van der Waals surface area contributed by atoms with Crippen molar-refractivity contribution in [1.29, 1.82) is 0 Å². The zero-order valence-electron chi connectivity index (χ0n) is 11.7. The predicted molar refractivity (Wildman–Crippen MR) is 83.6 cm³/mol. The summed E-state index contributed by atoms with van der Waals surface area (Å²) in [6.07, 6.45) is 5.03. The number of anilines is 1. The number of rotatable bonds is 4. The number of aromatic nitrogens is 4. The summed E-state index contributed by atoms with van der Waals surface area (Å²) >= 11 is 1.61. The topological polar surface area (TPSA) is 55.1 Å². The van der Waals surface area contributed by atoms with Crippen molar-refractivity contribution < 1.29 is 0 Å². The lowest BCUT2D eigenvalue weighted by Gasteiger charge is -2.04. The molecule has 4 rings (SSSR count). The highest BCUT2D eigenvalue weighted by molar-refractivity contribution is 7.16. The van der Waals surface area contributed by atoms with Crippen LogP contribution in [-0.4, -0.2) is 19.8 Å². The van der Waals surface area contributed by atoms with Crippen molar-refractivity contribution in [3.8, 4) is 0 Å². The molecule has 0 bridgehead atoms. The van der Waals surface area contributed by atoms with Gasteiger partial charge < -0.3 is 5.32 Å². The van der Waals surface area contributed by atoms with Crippen LogP contribution >= 0.6 is 11.3 Å². The molecule has 0 saturated heterocycles. The maximum atomic E-state index is 4.68. The molecule has 2 aromatic heterocycles. The normalized spacial score (nSPS) is 15.8. The van der Waals surface area contributed by atoms with E-state index in [2.05, 4.69) is 32.7 Å². The van der Waals surface area contributed by atoms with Gasteiger partial charge in [-0.15, -0.1) is 10.2 Å². The second kappa shape index (κ2) is 5.44. The lowest BCUT2D eigenvalue weighted by molar-refractivity contribution is 0.638. The summed E-state index contributed by atoms with van der Waals surface area (Å²) in [6, 6.07) is 10.2. The Labute approximate surface area is 127 Å². The molecule has 21 heavy (non-hydrogen) atoms. The molecule has 6 heteroatoms. The Hall–Kier alpha value is -1.95. The van der Waals surface area contributed by atoms with E-state index in [0.717, 1.165) is 28.0 Å². The van der Waals surface area contributed by atoms with Crippen molar-refractivity contribution >= 4 is 22.0 Å². The molecule has 1 aliphatic carbocycles. The number of hydrogen-bond donors (Lipinski definition) is 1. The third-order valence-corrected chi connectivity index (χ3v) is 4.89. The Balaban J connectivity index is 1.54. The van der Waals surface area contributed by atoms with Gasteiger partial charge in [0.05, 0.1) is 6.54 Å². The van der Waals surface area contributed by atoms with E-state index in [9.17, 15) is 0 Å². The number of nitrogens with zero attached hydrogens (tertiary/aromatic N) is 4. The molecule has 108 valence electrons. The molecule has 0 spiro atoms. The summed E-state index contributed by atoms with van der Waals surface area (Å²) in [5, 5.41) is 17.7. The number of nitrogens with one attached hydrogen (secondary N) is 1. The van der Waals surface area contributed by atoms with Crippen molar-refractivity contribution in [1.82, 2.24) is 19.8 Å². The summed E-state index contributed by atoms with van der Waals surface area (Å²) in [7, 11) is 0. The molecule has 3 aromatic rings. The van der Waals surface area contributed by atoms with E-state index in [-0.39, 0.29) is 0 Å². The maximum absolute atomic E-state index is 4.68. The van der Waals surface area contributed by atoms with E-state index in [1.807, 2.05) is 22.7 Å². The molecule has 1 fully saturated rings. The Bertz CT molecular complexity index is 727. The maximum Gasteiger partial charge on any atom is 0.234 e. The Morgan fingerprint density at radius 2 is 1.95 bits per heavy atom. The van der Waals surface area contributed by atoms with Crippen molar-refractivity contribution in [3.05, 3.63) is 41.2 Å². The van der Waals surface area contributed by atoms with Crippen LogP contribution in [0.5, 0.6) is 0 Å². The van der Waals surface area contributed by atoms with E-state index in [4.69, 9.17) is 0 Å². The first-order chi connectivity index (χ1) is 10.4. The number of hydrogen-bond acceptors (Lipinski definition) is 5. The third kappa shape index (κ3) is 2.51. The highest BCUT2D eigenvalue weighted by Gasteiger charge is 2.23. The van der Waals surface area contributed by atoms with E-state index < -0.39 is 0 Å². The van der Waals surface area contributed by atoms with Gasteiger partial charge >= 0.3 is 0 Å². The van der Waals surface area contributed by atoms with E-state index in [1.165, 1.54) is 25.7 Å². The minimum absolute atomic E-state index is 0.539. The Morgan fingerprint density at radius 3 is 2.76 bits per heavy atom. The lowest BCUT2D eigenvalue weighted by atomic mass is 10.1. The smallest absolute Gasteiger partial charge is 0.234 e. The summed E-state index contributed by atoms with van der Waals surface area (Å²) < 4.78 is 1.95. The highest BCUT2D eigenvalue weighted by atomic mass is 32.1. The van der Waals surface area contributed by atoms with Crippen LogP contribution in [0.2, 0.25) is 0 Å². The molecule has 0 radical (unpaired) electrons. The molecule has 1 saturated carbocycles. The van der Waals surface area contributed by atoms with Crippen LogP contribution in [-0.2, 0) is 6.54 Å². The van der Waals surface area contributed by atoms with Crippen molar-refractivity contribution in [3.63, 3.8) is 0 Å². The molecule has 5 nitrogen and oxygen atoms in total. The van der Waals surface area contributed by atoms with Crippen LogP contribution in [0.25, 0.3) is 4.96 Å². The third-order valence-electron chi connectivity index (χ3n) is 3.99. The lowest BCUT2D eigenvalue weighted by Crippen LogP contribution is -2.03. The highest BCUT2D eigenvalue weighted by Crippen LogP contribution is 2.33. The fraction of sp³-hybridized carbons (Fsp3) is 0.400. The van der Waals surface area contributed by atoms with E-state index in [1.54, 1.807) is 11.3 Å². The van der Waals surface area contributed by atoms with Gasteiger partial charge in [-0.2, -0.15) is 9.61 Å². The van der Waals surface area contributed by atoms with E-state index >= 15 is 0 Å². The minimum atomic E-state index is 0.539. The quantitative estimate of drug-likeness (QED) is 0.801. The Kier molecular flexibility index (Phi) is 3.31. The van der Waals surface area contributed by atoms with Gasteiger partial charge in [0.25, 0.3) is 0 Å². The van der Waals surface area contributed by atoms with Gasteiger partial charge in [-0.05, 0) is 25.0 Å². The second-order valence-electron chi connectivity index (χ2n) is 5.45. The van der Waals surface area contributed by atoms with Crippen LogP contribution in [0.4, 0.5) is 5.69 Å². The van der Waals surface area contributed by atoms with Crippen LogP contribution < -0.4 is 5.32 Å². The first-order valence-electron chi connectivity index (χ1n) is 7.40. The summed E-state index contributed by atoms with van der Waals surface area (Å²) in [5.41, 5.74) is 1.11. The average Bonchev–Trinajstić information content (AvgIpc) is 3.22. The molecule has 1 N–H and O–H groups in total. The van der Waals surface area contributed by atoms with Gasteiger partial charge in [-0.25, -0.2) is 0 Å². The minimum Gasteiger partial charge on any atom is -0.378 e. The van der Waals surface area contributed by atoms with Crippen LogP contribution in [0.1, 0.15) is 42.4 Å². The zero-order chi connectivity index (χ0) is 14.1. The fourth-order valence-electron chi connectivity index (χ4n) is 2.92. The van der Waals surface area contributed by atoms with Gasteiger partial charge in [0.1, 0.15) is 5.01 Å². The number of fused-ring (bicyclic) bond motifs is 1. The van der Waals surface area contributed by atoms with Gasteiger partial charge in [0, 0.05) is 11.6 Å². The Morgan fingerprint density at radius 1 is 1.14 bits per heavy atom.